The summed E-state index contributed by atoms with van der Waals surface area (Å²) < 4.78 is 0. The number of carboxylic acids is 1. The van der Waals surface area contributed by atoms with Crippen LogP contribution in [0.15, 0.2) is 23.8 Å². The highest BCUT2D eigenvalue weighted by atomic mass is 16.4. The molecule has 0 fully saturated rings. The number of carbonyl (C=O) groups is 3. The number of nitrogens with two attached hydrogens (primary N) is 1. The van der Waals surface area contributed by atoms with E-state index in [1.807, 2.05) is 0 Å². The molecule has 5 heteroatoms. The van der Waals surface area contributed by atoms with E-state index < -0.39 is 12.0 Å². The van der Waals surface area contributed by atoms with Crippen LogP contribution < -0.4 is 5.73 Å². The monoisotopic (exact) mass is 195 g/mol. The van der Waals surface area contributed by atoms with Gasteiger partial charge in [-0.1, -0.05) is 0 Å². The molecule has 5 nitrogen and oxygen atoms in total. The average Bonchev–Trinajstić information content (AvgIpc) is 2.11. The van der Waals surface area contributed by atoms with Gasteiger partial charge in [0.05, 0.1) is 0 Å². The largest absolute Gasteiger partial charge is 0.480 e. The Labute approximate surface area is 79.9 Å². The van der Waals surface area contributed by atoms with Crippen molar-refractivity contribution in [1.82, 2.24) is 0 Å². The van der Waals surface area contributed by atoms with E-state index in [2.05, 4.69) is 0 Å². The fourth-order valence-electron chi connectivity index (χ4n) is 1.04. The first-order chi connectivity index (χ1) is 6.50. The predicted molar refractivity (Wildman–Crippen MR) is 47.5 cm³/mol. The van der Waals surface area contributed by atoms with Crippen LogP contribution >= 0.6 is 0 Å². The first kappa shape index (κ1) is 10.3. The number of hydrogen-bond acceptors (Lipinski definition) is 4. The molecule has 0 radical (unpaired) electrons. The van der Waals surface area contributed by atoms with Crippen molar-refractivity contribution in [3.8, 4) is 0 Å². The summed E-state index contributed by atoms with van der Waals surface area (Å²) in [6, 6.07) is -1.15. The topological polar surface area (TPSA) is 97.5 Å². The van der Waals surface area contributed by atoms with E-state index in [1.54, 1.807) is 0 Å². The Hall–Kier alpha value is -1.75. The van der Waals surface area contributed by atoms with E-state index in [0.717, 1.165) is 18.2 Å². The number of allylic oxidation sites excluding steroid dienone is 3. The molecule has 3 N–H and O–H groups in total. The molecule has 0 aromatic heterocycles. The fourth-order valence-corrected chi connectivity index (χ4v) is 1.04. The minimum atomic E-state index is -1.19. The number of rotatable bonds is 3. The Bertz CT molecular complexity index is 354. The third kappa shape index (κ3) is 2.37. The molecule has 0 saturated carbocycles. The second-order valence-corrected chi connectivity index (χ2v) is 2.92. The molecular weight excluding hydrogens is 186 g/mol. The van der Waals surface area contributed by atoms with Crippen LogP contribution in [0.2, 0.25) is 0 Å². The fraction of sp³-hybridized carbons (Fsp3) is 0.222. The lowest BCUT2D eigenvalue weighted by molar-refractivity contribution is -0.138. The lowest BCUT2D eigenvalue weighted by atomic mass is 9.97. The van der Waals surface area contributed by atoms with E-state index in [-0.39, 0.29) is 23.6 Å². The molecule has 14 heavy (non-hydrogen) atoms. The maximum atomic E-state index is 11.1. The maximum Gasteiger partial charge on any atom is 0.320 e. The van der Waals surface area contributed by atoms with Crippen molar-refractivity contribution in [1.29, 1.82) is 0 Å². The molecule has 0 amide bonds. The number of hydrogen-bond donors (Lipinski definition) is 2. The van der Waals surface area contributed by atoms with Crippen molar-refractivity contribution < 1.29 is 19.5 Å². The lowest BCUT2D eigenvalue weighted by Crippen LogP contribution is -2.31. The minimum Gasteiger partial charge on any atom is -0.480 e. The normalized spacial score (nSPS) is 17.9. The lowest BCUT2D eigenvalue weighted by Gasteiger charge is -2.09. The molecule has 0 aliphatic heterocycles. The molecule has 74 valence electrons. The molecule has 1 unspecified atom stereocenters. The van der Waals surface area contributed by atoms with E-state index in [1.165, 1.54) is 0 Å². The standard InChI is InChI=1S/C9H9NO4/c10-7(9(13)14)4-5-3-6(11)1-2-8(5)12/h1-3,7H,4,10H2,(H,13,14). The predicted octanol–water partition coefficient (Wildman–Crippen LogP) is -0.577. The Morgan fingerprint density at radius 3 is 2.64 bits per heavy atom. The van der Waals surface area contributed by atoms with Gasteiger partial charge in [-0.2, -0.15) is 0 Å². The molecular formula is C9H9NO4. The summed E-state index contributed by atoms with van der Waals surface area (Å²) in [5, 5.41) is 8.50. The van der Waals surface area contributed by atoms with Crippen molar-refractivity contribution in [2.24, 2.45) is 5.73 Å². The third-order valence-electron chi connectivity index (χ3n) is 1.79. The quantitative estimate of drug-likeness (QED) is 0.587. The first-order valence-corrected chi connectivity index (χ1v) is 3.96. The Balaban J connectivity index is 2.73. The van der Waals surface area contributed by atoms with Gasteiger partial charge in [0.15, 0.2) is 11.6 Å². The van der Waals surface area contributed by atoms with Crippen LogP contribution in [0.5, 0.6) is 0 Å². The van der Waals surface area contributed by atoms with E-state index in [9.17, 15) is 14.4 Å². The van der Waals surface area contributed by atoms with Gasteiger partial charge in [-0.3, -0.25) is 14.4 Å². The highest BCUT2D eigenvalue weighted by Gasteiger charge is 2.19. The molecule has 1 atom stereocenters. The van der Waals surface area contributed by atoms with Crippen LogP contribution in [0, 0.1) is 0 Å². The van der Waals surface area contributed by atoms with Crippen molar-refractivity contribution in [2.45, 2.75) is 12.5 Å². The Morgan fingerprint density at radius 2 is 2.07 bits per heavy atom. The number of aliphatic carboxylic acids is 1. The van der Waals surface area contributed by atoms with Crippen LogP contribution in [-0.4, -0.2) is 28.7 Å². The van der Waals surface area contributed by atoms with Gasteiger partial charge in [0.25, 0.3) is 0 Å². The molecule has 0 spiro atoms. The van der Waals surface area contributed by atoms with Gasteiger partial charge in [-0.25, -0.2) is 0 Å². The summed E-state index contributed by atoms with van der Waals surface area (Å²) in [6.07, 6.45) is 3.25. The van der Waals surface area contributed by atoms with Crippen LogP contribution in [0.25, 0.3) is 0 Å². The third-order valence-corrected chi connectivity index (χ3v) is 1.79. The summed E-state index contributed by atoms with van der Waals surface area (Å²) >= 11 is 0. The number of ketones is 2. The second-order valence-electron chi connectivity index (χ2n) is 2.92. The van der Waals surface area contributed by atoms with Crippen molar-refractivity contribution in [3.63, 3.8) is 0 Å². The molecule has 0 heterocycles. The van der Waals surface area contributed by atoms with E-state index in [0.29, 0.717) is 0 Å². The summed E-state index contributed by atoms with van der Waals surface area (Å²) in [6.45, 7) is 0. The minimum absolute atomic E-state index is 0.121. The van der Waals surface area contributed by atoms with Gasteiger partial charge < -0.3 is 10.8 Å². The Morgan fingerprint density at radius 1 is 1.43 bits per heavy atom. The zero-order chi connectivity index (χ0) is 10.7. The summed E-state index contributed by atoms with van der Waals surface area (Å²) in [5.74, 6) is -1.88. The SMILES string of the molecule is NC(CC1=CC(=O)C=CC1=O)C(=O)O. The first-order valence-electron chi connectivity index (χ1n) is 3.96. The molecule has 0 aromatic rings. The highest BCUT2D eigenvalue weighted by Crippen LogP contribution is 2.11. The highest BCUT2D eigenvalue weighted by molar-refractivity contribution is 6.17. The van der Waals surface area contributed by atoms with Crippen LogP contribution in [0.4, 0.5) is 0 Å². The molecule has 0 saturated heterocycles. The van der Waals surface area contributed by atoms with E-state index in [4.69, 9.17) is 10.8 Å². The summed E-state index contributed by atoms with van der Waals surface area (Å²) in [4.78, 5) is 32.4. The zero-order valence-corrected chi connectivity index (χ0v) is 7.27. The molecule has 1 aliphatic rings. The van der Waals surface area contributed by atoms with Crippen LogP contribution in [0.3, 0.4) is 0 Å². The van der Waals surface area contributed by atoms with Crippen LogP contribution in [-0.2, 0) is 14.4 Å². The van der Waals surface area contributed by atoms with Crippen molar-refractivity contribution in [2.75, 3.05) is 0 Å². The van der Waals surface area contributed by atoms with Gasteiger partial charge in [-0.05, 0) is 18.2 Å². The molecule has 0 bridgehead atoms. The summed E-state index contributed by atoms with van der Waals surface area (Å²) in [7, 11) is 0. The van der Waals surface area contributed by atoms with Gasteiger partial charge in [0.1, 0.15) is 6.04 Å². The Kier molecular flexibility index (Phi) is 2.93. The number of carbonyl (C=O) groups excluding carboxylic acids is 2. The maximum absolute atomic E-state index is 11.1. The van der Waals surface area contributed by atoms with Crippen molar-refractivity contribution >= 4 is 17.5 Å². The van der Waals surface area contributed by atoms with Gasteiger partial charge >= 0.3 is 5.97 Å². The molecule has 1 rings (SSSR count). The average molecular weight is 195 g/mol. The van der Waals surface area contributed by atoms with Gasteiger partial charge in [0, 0.05) is 12.0 Å². The number of carboxylic acid groups (broad SMARTS) is 1. The second kappa shape index (κ2) is 3.97. The zero-order valence-electron chi connectivity index (χ0n) is 7.27. The van der Waals surface area contributed by atoms with E-state index >= 15 is 0 Å². The van der Waals surface area contributed by atoms with Crippen molar-refractivity contribution in [3.05, 3.63) is 23.8 Å². The molecule has 0 aromatic carbocycles. The van der Waals surface area contributed by atoms with Gasteiger partial charge in [0.2, 0.25) is 0 Å². The molecule has 1 aliphatic carbocycles. The van der Waals surface area contributed by atoms with Crippen LogP contribution in [0.1, 0.15) is 6.42 Å². The summed E-state index contributed by atoms with van der Waals surface area (Å²) in [5.41, 5.74) is 5.37. The van der Waals surface area contributed by atoms with Gasteiger partial charge in [-0.15, -0.1) is 0 Å². The smallest absolute Gasteiger partial charge is 0.320 e.